The van der Waals surface area contributed by atoms with Crippen molar-refractivity contribution in [3.05, 3.63) is 240 Å². The Morgan fingerprint density at radius 1 is 0.431 bits per heavy atom. The standard InChI is InChI=1S/2C30H27NO.C6H17P.Ni/c2*1-4-11-23-18-27(24-12-7-5-8-13-24)29(28(19-23)25-14-9-6-10-15-25)31-20-26-17-21(2)16-22(3)30(26)32;1-4-7(5-2)6-3;/h2*4-10,12-20,32H,1,11H2,2-3H3;4-7H2,1-3H3;/q;;;+2/p-2. The van der Waals surface area contributed by atoms with Crippen LogP contribution in [0.5, 0.6) is 11.5 Å². The first-order valence-electron chi connectivity index (χ1n) is 24.9. The van der Waals surface area contributed by atoms with Gasteiger partial charge in [0.15, 0.2) is 0 Å². The molecule has 0 aromatic heterocycles. The molecule has 0 unspecified atom stereocenters. The molecule has 72 heavy (non-hydrogen) atoms. The van der Waals surface area contributed by atoms with Gasteiger partial charge in [0.25, 0.3) is 0 Å². The summed E-state index contributed by atoms with van der Waals surface area (Å²) in [5.41, 5.74) is 17.4. The number of benzene rings is 8. The Bertz CT molecular complexity index is 2740. The number of allylic oxidation sites excluding steroid dienone is 2. The van der Waals surface area contributed by atoms with Gasteiger partial charge in [0.2, 0.25) is 0 Å². The molecular formula is C66H69N2NiO2P. The Balaban J connectivity index is 0.000000233. The molecule has 4 nitrogen and oxygen atoms in total. The zero-order valence-electron chi connectivity index (χ0n) is 43.0. The summed E-state index contributed by atoms with van der Waals surface area (Å²) in [6, 6.07) is 57.4. The maximum Gasteiger partial charge on any atom is 2.00 e. The molecule has 0 spiro atoms. The number of nitrogens with zero attached hydrogens (tertiary/aromatic N) is 2. The van der Waals surface area contributed by atoms with Gasteiger partial charge in [0, 0.05) is 34.7 Å². The van der Waals surface area contributed by atoms with E-state index in [1.54, 1.807) is 12.4 Å². The Morgan fingerprint density at radius 2 is 0.708 bits per heavy atom. The van der Waals surface area contributed by atoms with Gasteiger partial charge < -0.3 is 10.2 Å². The first kappa shape index (κ1) is 56.0. The maximum absolute atomic E-state index is 12.7. The van der Waals surface area contributed by atoms with E-state index in [0.717, 1.165) is 91.0 Å². The third kappa shape index (κ3) is 15.1. The predicted molar refractivity (Wildman–Crippen MR) is 309 cm³/mol. The minimum absolute atomic E-state index is 0. The molecule has 0 radical (unpaired) electrons. The summed E-state index contributed by atoms with van der Waals surface area (Å²) in [7, 11) is -0.171. The average molecular weight is 1010 g/mol. The fourth-order valence-corrected chi connectivity index (χ4v) is 10.6. The Morgan fingerprint density at radius 3 is 0.944 bits per heavy atom. The minimum Gasteiger partial charge on any atom is 2.00 e. The molecule has 8 aromatic carbocycles. The van der Waals surface area contributed by atoms with E-state index in [0.29, 0.717) is 11.1 Å². The second kappa shape index (κ2) is 28.2. The van der Waals surface area contributed by atoms with Crippen molar-refractivity contribution in [1.29, 1.82) is 0 Å². The second-order valence-corrected chi connectivity index (χ2v) is 22.3. The van der Waals surface area contributed by atoms with E-state index in [2.05, 4.69) is 107 Å². The molecule has 0 aliphatic heterocycles. The molecule has 0 saturated carbocycles. The van der Waals surface area contributed by atoms with Gasteiger partial charge in [-0.15, -0.1) is 13.2 Å². The van der Waals surface area contributed by atoms with Gasteiger partial charge in [-0.1, -0.05) is 191 Å². The number of aryl methyl sites for hydroxylation is 4. The quantitative estimate of drug-likeness (QED) is 0.0444. The van der Waals surface area contributed by atoms with Gasteiger partial charge in [-0.25, -0.2) is 0 Å². The SMILES string of the molecule is C=CCc1cc(-c2ccccc2)c(N=Cc2cc(C)cc(C)c2[O-])c(-c2ccccc2)c1.C=CCc1cc(-c2ccccc2)c(N=Cc2cc(C)cc(C)c2[O-])c(-c2ccccc2)c1.CC[PH2](CC)CC.[Ni+2]. The van der Waals surface area contributed by atoms with Crippen LogP contribution in [0.3, 0.4) is 0 Å². The number of hydrogen-bond donors (Lipinski definition) is 0. The summed E-state index contributed by atoms with van der Waals surface area (Å²) in [6.45, 7) is 22.5. The summed E-state index contributed by atoms with van der Waals surface area (Å²) < 4.78 is 0. The Kier molecular flexibility index (Phi) is 22.0. The molecule has 0 saturated heterocycles. The Hall–Kier alpha value is -6.90. The fourth-order valence-electron chi connectivity index (χ4n) is 8.89. The monoisotopic (exact) mass is 1010 g/mol. The van der Waals surface area contributed by atoms with Gasteiger partial charge in [0.05, 0.1) is 11.4 Å². The number of aliphatic imine (C=N–C) groups is 2. The van der Waals surface area contributed by atoms with E-state index in [-0.39, 0.29) is 35.9 Å². The van der Waals surface area contributed by atoms with E-state index in [1.165, 1.54) is 29.6 Å². The molecule has 0 bridgehead atoms. The van der Waals surface area contributed by atoms with Crippen molar-refractivity contribution in [2.24, 2.45) is 9.98 Å². The summed E-state index contributed by atoms with van der Waals surface area (Å²) in [6.07, 6.45) is 13.3. The predicted octanol–water partition coefficient (Wildman–Crippen LogP) is 16.4. The van der Waals surface area contributed by atoms with Gasteiger partial charge in [-0.3, -0.25) is 9.98 Å². The molecule has 6 heteroatoms. The van der Waals surface area contributed by atoms with E-state index in [4.69, 9.17) is 9.98 Å². The second-order valence-electron chi connectivity index (χ2n) is 18.1. The van der Waals surface area contributed by atoms with Crippen LogP contribution >= 0.6 is 7.92 Å². The van der Waals surface area contributed by atoms with Crippen LogP contribution in [0.25, 0.3) is 44.5 Å². The largest absolute Gasteiger partial charge is 2.00 e. The van der Waals surface area contributed by atoms with Crippen LogP contribution in [0.15, 0.2) is 205 Å². The Labute approximate surface area is 441 Å². The molecule has 0 fully saturated rings. The van der Waals surface area contributed by atoms with Gasteiger partial charge >= 0.3 is 63.7 Å². The maximum atomic E-state index is 12.7. The zero-order chi connectivity index (χ0) is 50.7. The molecular weight excluding hydrogens is 942 g/mol. The van der Waals surface area contributed by atoms with Crippen LogP contribution < -0.4 is 10.2 Å². The van der Waals surface area contributed by atoms with Crippen molar-refractivity contribution in [2.75, 3.05) is 18.5 Å². The van der Waals surface area contributed by atoms with Gasteiger partial charge in [-0.05, 0) is 109 Å². The molecule has 8 rings (SSSR count). The van der Waals surface area contributed by atoms with Crippen molar-refractivity contribution in [2.45, 2.75) is 61.3 Å². The molecule has 0 atom stereocenters. The topological polar surface area (TPSA) is 70.8 Å². The summed E-state index contributed by atoms with van der Waals surface area (Å²) >= 11 is 0. The number of rotatable bonds is 15. The van der Waals surface area contributed by atoms with E-state index < -0.39 is 0 Å². The van der Waals surface area contributed by atoms with Crippen LogP contribution in [0.1, 0.15) is 65.3 Å². The van der Waals surface area contributed by atoms with Crippen molar-refractivity contribution < 1.29 is 26.7 Å². The fraction of sp³-hybridized carbons (Fsp3) is 0.182. The van der Waals surface area contributed by atoms with Crippen molar-refractivity contribution >= 4 is 31.7 Å². The van der Waals surface area contributed by atoms with Crippen LogP contribution in [0.4, 0.5) is 11.4 Å². The number of hydrogen-bond acceptors (Lipinski definition) is 4. The minimum atomic E-state index is -0.171. The molecule has 0 aliphatic carbocycles. The first-order chi connectivity index (χ1) is 34.5. The molecule has 0 heterocycles. The van der Waals surface area contributed by atoms with Crippen molar-refractivity contribution in [3.63, 3.8) is 0 Å². The third-order valence-electron chi connectivity index (χ3n) is 12.7. The average Bonchev–Trinajstić information content (AvgIpc) is 3.39. The molecule has 370 valence electrons. The van der Waals surface area contributed by atoms with E-state index in [1.807, 2.05) is 137 Å². The molecule has 0 amide bonds. The van der Waals surface area contributed by atoms with Crippen LogP contribution in [0.2, 0.25) is 0 Å². The third-order valence-corrected chi connectivity index (χ3v) is 16.2. The van der Waals surface area contributed by atoms with Gasteiger partial charge in [0.1, 0.15) is 0 Å². The zero-order valence-corrected chi connectivity index (χ0v) is 45.2. The van der Waals surface area contributed by atoms with Crippen LogP contribution in [0, 0.1) is 27.7 Å². The first-order valence-corrected chi connectivity index (χ1v) is 27.3. The molecule has 8 aromatic rings. The normalized spacial score (nSPS) is 11.0. The van der Waals surface area contributed by atoms with Crippen molar-refractivity contribution in [1.82, 2.24) is 0 Å². The van der Waals surface area contributed by atoms with Crippen LogP contribution in [-0.2, 0) is 29.3 Å². The van der Waals surface area contributed by atoms with E-state index >= 15 is 0 Å². The van der Waals surface area contributed by atoms with Gasteiger partial charge in [-0.2, -0.15) is 0 Å². The van der Waals surface area contributed by atoms with E-state index in [9.17, 15) is 10.2 Å². The summed E-state index contributed by atoms with van der Waals surface area (Å²) in [5, 5.41) is 25.4. The van der Waals surface area contributed by atoms with Crippen molar-refractivity contribution in [3.8, 4) is 56.0 Å². The smallest absolute Gasteiger partial charge is 2.00 e. The summed E-state index contributed by atoms with van der Waals surface area (Å²) in [5.74, 6) is 0.0373. The summed E-state index contributed by atoms with van der Waals surface area (Å²) in [4.78, 5) is 9.85. The molecule has 0 aliphatic rings. The van der Waals surface area contributed by atoms with Crippen LogP contribution in [-0.4, -0.2) is 30.9 Å². The molecule has 0 N–H and O–H groups in total.